The Morgan fingerprint density at radius 2 is 1.79 bits per heavy atom. The van der Waals surface area contributed by atoms with Gasteiger partial charge in [0.05, 0.1) is 6.42 Å². The van der Waals surface area contributed by atoms with Gasteiger partial charge >= 0.3 is 5.97 Å². The fourth-order valence-electron chi connectivity index (χ4n) is 1.08. The van der Waals surface area contributed by atoms with Gasteiger partial charge in [0.25, 0.3) is 0 Å². The Hall–Kier alpha value is -0.970. The summed E-state index contributed by atoms with van der Waals surface area (Å²) in [6, 6.07) is 1.92. The lowest BCUT2D eigenvalue weighted by molar-refractivity contribution is -0.136. The highest BCUT2D eigenvalue weighted by Crippen LogP contribution is 2.18. The molecule has 14 heavy (non-hydrogen) atoms. The topological polar surface area (TPSA) is 37.3 Å². The van der Waals surface area contributed by atoms with Crippen molar-refractivity contribution in [3.05, 3.63) is 34.9 Å². The minimum Gasteiger partial charge on any atom is -0.481 e. The SMILES string of the molecule is O=C(O)Cc1cc(F)c(F)cc1CBr. The molecule has 2 nitrogen and oxygen atoms in total. The first kappa shape index (κ1) is 11.1. The average Bonchev–Trinajstić information content (AvgIpc) is 2.10. The first-order chi connectivity index (χ1) is 6.54. The third-order valence-corrected chi connectivity index (χ3v) is 2.33. The zero-order valence-corrected chi connectivity index (χ0v) is 8.64. The van der Waals surface area contributed by atoms with Crippen LogP contribution in [0.4, 0.5) is 8.78 Å². The van der Waals surface area contributed by atoms with Crippen molar-refractivity contribution in [2.24, 2.45) is 0 Å². The van der Waals surface area contributed by atoms with Gasteiger partial charge in [0.2, 0.25) is 0 Å². The average molecular weight is 265 g/mol. The number of hydrogen-bond acceptors (Lipinski definition) is 1. The second-order valence-corrected chi connectivity index (χ2v) is 3.30. The van der Waals surface area contributed by atoms with Crippen LogP contribution in [0.5, 0.6) is 0 Å². The van der Waals surface area contributed by atoms with Crippen molar-refractivity contribution in [3.63, 3.8) is 0 Å². The molecule has 0 spiro atoms. The maximum absolute atomic E-state index is 12.8. The molecule has 0 fully saturated rings. The standard InChI is InChI=1S/C9H7BrF2O2/c10-4-6-2-8(12)7(11)1-5(6)3-9(13)14/h1-2H,3-4H2,(H,13,14). The molecule has 0 unspecified atom stereocenters. The minimum atomic E-state index is -1.07. The molecule has 0 aromatic heterocycles. The summed E-state index contributed by atoms with van der Waals surface area (Å²) in [5.74, 6) is -3.06. The lowest BCUT2D eigenvalue weighted by Gasteiger charge is -2.05. The Kier molecular flexibility index (Phi) is 3.57. The number of benzene rings is 1. The summed E-state index contributed by atoms with van der Waals surface area (Å²) in [5.41, 5.74) is 0.736. The fraction of sp³-hybridized carbons (Fsp3) is 0.222. The largest absolute Gasteiger partial charge is 0.481 e. The Morgan fingerprint density at radius 3 is 2.21 bits per heavy atom. The van der Waals surface area contributed by atoms with Gasteiger partial charge in [-0.25, -0.2) is 8.78 Å². The summed E-state index contributed by atoms with van der Waals surface area (Å²) in [4.78, 5) is 10.4. The van der Waals surface area contributed by atoms with Crippen molar-refractivity contribution >= 4 is 21.9 Å². The van der Waals surface area contributed by atoms with Crippen molar-refractivity contribution < 1.29 is 18.7 Å². The van der Waals surface area contributed by atoms with Gasteiger partial charge in [-0.05, 0) is 23.3 Å². The molecule has 0 heterocycles. The van der Waals surface area contributed by atoms with E-state index in [-0.39, 0.29) is 12.0 Å². The van der Waals surface area contributed by atoms with Gasteiger partial charge in [0.1, 0.15) is 0 Å². The van der Waals surface area contributed by atoms with Crippen molar-refractivity contribution in [1.82, 2.24) is 0 Å². The van der Waals surface area contributed by atoms with E-state index in [1.54, 1.807) is 0 Å². The van der Waals surface area contributed by atoms with E-state index in [1.165, 1.54) is 0 Å². The number of rotatable bonds is 3. The van der Waals surface area contributed by atoms with E-state index in [0.29, 0.717) is 10.9 Å². The smallest absolute Gasteiger partial charge is 0.307 e. The first-order valence-corrected chi connectivity index (χ1v) is 4.91. The number of carboxylic acid groups (broad SMARTS) is 1. The van der Waals surface area contributed by atoms with Crippen molar-refractivity contribution in [3.8, 4) is 0 Å². The number of carbonyl (C=O) groups is 1. The monoisotopic (exact) mass is 264 g/mol. The van der Waals surface area contributed by atoms with E-state index in [9.17, 15) is 13.6 Å². The summed E-state index contributed by atoms with van der Waals surface area (Å²) in [6.07, 6.45) is -0.307. The number of carboxylic acids is 1. The molecule has 1 aromatic carbocycles. The Bertz CT molecular complexity index is 366. The van der Waals surface area contributed by atoms with E-state index in [1.807, 2.05) is 0 Å². The molecule has 0 radical (unpaired) electrons. The Morgan fingerprint density at radius 1 is 1.29 bits per heavy atom. The molecule has 5 heteroatoms. The third kappa shape index (κ3) is 2.51. The van der Waals surface area contributed by atoms with Gasteiger partial charge in [0.15, 0.2) is 11.6 Å². The summed E-state index contributed by atoms with van der Waals surface area (Å²) < 4.78 is 25.5. The molecule has 0 amide bonds. The maximum Gasteiger partial charge on any atom is 0.307 e. The Balaban J connectivity index is 3.13. The molecular weight excluding hydrogens is 258 g/mol. The molecule has 76 valence electrons. The molecule has 0 bridgehead atoms. The van der Waals surface area contributed by atoms with Crippen LogP contribution in [-0.2, 0) is 16.5 Å². The van der Waals surface area contributed by atoms with Crippen LogP contribution in [0.1, 0.15) is 11.1 Å². The second-order valence-electron chi connectivity index (χ2n) is 2.74. The van der Waals surface area contributed by atoms with Crippen molar-refractivity contribution in [2.45, 2.75) is 11.8 Å². The van der Waals surface area contributed by atoms with E-state index >= 15 is 0 Å². The molecule has 0 saturated heterocycles. The summed E-state index contributed by atoms with van der Waals surface area (Å²) in [5, 5.41) is 8.81. The lowest BCUT2D eigenvalue weighted by atomic mass is 10.1. The zero-order valence-electron chi connectivity index (χ0n) is 7.06. The van der Waals surface area contributed by atoms with Crippen LogP contribution >= 0.6 is 15.9 Å². The quantitative estimate of drug-likeness (QED) is 0.852. The first-order valence-electron chi connectivity index (χ1n) is 3.79. The highest BCUT2D eigenvalue weighted by Gasteiger charge is 2.11. The van der Waals surface area contributed by atoms with E-state index < -0.39 is 17.6 Å². The molecule has 1 N–H and O–H groups in total. The molecule has 1 aromatic rings. The summed E-state index contributed by atoms with van der Waals surface area (Å²) in [6.45, 7) is 0. The van der Waals surface area contributed by atoms with Crippen LogP contribution in [0, 0.1) is 11.6 Å². The molecule has 0 aliphatic carbocycles. The van der Waals surface area contributed by atoms with Crippen molar-refractivity contribution in [2.75, 3.05) is 0 Å². The molecule has 0 saturated carbocycles. The number of aliphatic carboxylic acids is 1. The van der Waals surface area contributed by atoms with Gasteiger partial charge in [0, 0.05) is 5.33 Å². The number of hydrogen-bond donors (Lipinski definition) is 1. The minimum absolute atomic E-state index is 0.285. The van der Waals surface area contributed by atoms with Gasteiger partial charge < -0.3 is 5.11 Å². The molecule has 0 atom stereocenters. The van der Waals surface area contributed by atoms with Crippen LogP contribution in [-0.4, -0.2) is 11.1 Å². The van der Waals surface area contributed by atoms with Crippen molar-refractivity contribution in [1.29, 1.82) is 0 Å². The summed E-state index contributed by atoms with van der Waals surface area (Å²) in [7, 11) is 0. The van der Waals surface area contributed by atoms with Crippen LogP contribution in [0.25, 0.3) is 0 Å². The van der Waals surface area contributed by atoms with Crippen LogP contribution in [0.2, 0.25) is 0 Å². The van der Waals surface area contributed by atoms with Gasteiger partial charge in [-0.15, -0.1) is 0 Å². The fourth-order valence-corrected chi connectivity index (χ4v) is 1.60. The van der Waals surface area contributed by atoms with Gasteiger partial charge in [-0.2, -0.15) is 0 Å². The normalized spacial score (nSPS) is 10.2. The number of alkyl halides is 1. The molecule has 0 aliphatic heterocycles. The third-order valence-electron chi connectivity index (χ3n) is 1.73. The summed E-state index contributed by atoms with van der Waals surface area (Å²) >= 11 is 3.07. The molecule has 0 aliphatic rings. The Labute approximate surface area is 87.7 Å². The van der Waals surface area contributed by atoms with Gasteiger partial charge in [-0.3, -0.25) is 4.79 Å². The number of halogens is 3. The molecular formula is C9H7BrF2O2. The van der Waals surface area contributed by atoms with Crippen LogP contribution < -0.4 is 0 Å². The maximum atomic E-state index is 12.8. The molecule has 1 rings (SSSR count). The van der Waals surface area contributed by atoms with Crippen LogP contribution in [0.15, 0.2) is 12.1 Å². The van der Waals surface area contributed by atoms with Crippen LogP contribution in [0.3, 0.4) is 0 Å². The lowest BCUT2D eigenvalue weighted by Crippen LogP contribution is -2.04. The predicted molar refractivity (Wildman–Crippen MR) is 50.3 cm³/mol. The van der Waals surface area contributed by atoms with E-state index in [4.69, 9.17) is 5.11 Å². The van der Waals surface area contributed by atoms with E-state index in [2.05, 4.69) is 15.9 Å². The van der Waals surface area contributed by atoms with Gasteiger partial charge in [-0.1, -0.05) is 15.9 Å². The highest BCUT2D eigenvalue weighted by atomic mass is 79.9. The van der Waals surface area contributed by atoms with E-state index in [0.717, 1.165) is 12.1 Å². The predicted octanol–water partition coefficient (Wildman–Crippen LogP) is 2.49. The zero-order chi connectivity index (χ0) is 10.7. The highest BCUT2D eigenvalue weighted by molar-refractivity contribution is 9.08. The second kappa shape index (κ2) is 4.50.